The van der Waals surface area contributed by atoms with Crippen LogP contribution in [0.1, 0.15) is 66.7 Å². The Morgan fingerprint density at radius 2 is 1.96 bits per heavy atom. The van der Waals surface area contributed by atoms with Gasteiger partial charge in [0.25, 0.3) is 5.56 Å². The molecule has 2 unspecified atom stereocenters. The predicted octanol–water partition coefficient (Wildman–Crippen LogP) is 6.56. The third-order valence-corrected chi connectivity index (χ3v) is 11.1. The Kier molecular flexibility index (Phi) is 8.78. The lowest BCUT2D eigenvalue weighted by atomic mass is 9.75. The third-order valence-electron chi connectivity index (χ3n) is 9.86. The molecule has 4 aromatic rings. The highest BCUT2D eigenvalue weighted by atomic mass is 35.5. The summed E-state index contributed by atoms with van der Waals surface area (Å²) < 4.78 is 14.6. The quantitative estimate of drug-likeness (QED) is 0.226. The number of nitrogens with zero attached hydrogens (tertiary/aromatic N) is 4. The van der Waals surface area contributed by atoms with Crippen molar-refractivity contribution in [1.82, 2.24) is 19.4 Å². The molecule has 6 rings (SSSR count). The summed E-state index contributed by atoms with van der Waals surface area (Å²) in [5.41, 5.74) is 4.48. The predicted molar refractivity (Wildman–Crippen MR) is 182 cm³/mol. The Morgan fingerprint density at radius 3 is 2.67 bits per heavy atom. The number of piperidine rings is 1. The summed E-state index contributed by atoms with van der Waals surface area (Å²) in [4.78, 5) is 37.8. The van der Waals surface area contributed by atoms with Crippen LogP contribution in [0.5, 0.6) is 5.75 Å². The average molecular weight is 665 g/mol. The number of carboxylic acid groups (broad SMARTS) is 1. The molecule has 0 saturated carbocycles. The Hall–Kier alpha value is -3.31. The first-order valence-electron chi connectivity index (χ1n) is 15.7. The lowest BCUT2D eigenvalue weighted by molar-refractivity contribution is -0.0814. The molecule has 0 radical (unpaired) electrons. The SMILES string of the molecule is COC1CCN(C2(C)CCc3nc(C)n(CCOc4ccc(Cl)cc4-c4cc(C)nc5c(C(=O)O)csc45)c(=O)c3C2)CC1(C)C. The van der Waals surface area contributed by atoms with Crippen LogP contribution in [-0.4, -0.2) is 69.0 Å². The van der Waals surface area contributed by atoms with Gasteiger partial charge in [-0.3, -0.25) is 19.2 Å². The van der Waals surface area contributed by atoms with Crippen molar-refractivity contribution in [2.75, 3.05) is 26.8 Å². The van der Waals surface area contributed by atoms with Crippen LogP contribution in [0.3, 0.4) is 0 Å². The molecule has 1 saturated heterocycles. The van der Waals surface area contributed by atoms with Crippen LogP contribution < -0.4 is 10.3 Å². The first-order chi connectivity index (χ1) is 21.8. The van der Waals surface area contributed by atoms with Crippen molar-refractivity contribution >= 4 is 39.1 Å². The molecule has 46 heavy (non-hydrogen) atoms. The highest BCUT2D eigenvalue weighted by Crippen LogP contribution is 2.41. The van der Waals surface area contributed by atoms with Crippen molar-refractivity contribution in [3.63, 3.8) is 0 Å². The van der Waals surface area contributed by atoms with Crippen LogP contribution in [0.2, 0.25) is 5.02 Å². The molecule has 1 aliphatic heterocycles. The number of hydrogen-bond acceptors (Lipinski definition) is 8. The van der Waals surface area contributed by atoms with Crippen molar-refractivity contribution in [2.24, 2.45) is 5.41 Å². The van der Waals surface area contributed by atoms with Crippen LogP contribution in [0.25, 0.3) is 21.3 Å². The average Bonchev–Trinajstić information content (AvgIpc) is 3.43. The van der Waals surface area contributed by atoms with Gasteiger partial charge in [-0.15, -0.1) is 11.3 Å². The van der Waals surface area contributed by atoms with Gasteiger partial charge in [-0.1, -0.05) is 25.4 Å². The zero-order chi connectivity index (χ0) is 33.0. The third kappa shape index (κ3) is 5.96. The molecule has 11 heteroatoms. The highest BCUT2D eigenvalue weighted by Gasteiger charge is 2.44. The Bertz CT molecular complexity index is 1890. The van der Waals surface area contributed by atoms with E-state index in [1.165, 1.54) is 11.3 Å². The Morgan fingerprint density at radius 1 is 1.17 bits per heavy atom. The summed E-state index contributed by atoms with van der Waals surface area (Å²) in [7, 11) is 1.80. The van der Waals surface area contributed by atoms with Crippen molar-refractivity contribution in [1.29, 1.82) is 0 Å². The zero-order valence-corrected chi connectivity index (χ0v) is 28.8. The fourth-order valence-electron chi connectivity index (χ4n) is 7.34. The minimum atomic E-state index is -1.02. The minimum Gasteiger partial charge on any atom is -0.491 e. The number of halogens is 1. The summed E-state index contributed by atoms with van der Waals surface area (Å²) in [6.07, 6.45) is 3.62. The fourth-order valence-corrected chi connectivity index (χ4v) is 8.52. The largest absolute Gasteiger partial charge is 0.491 e. The monoisotopic (exact) mass is 664 g/mol. The summed E-state index contributed by atoms with van der Waals surface area (Å²) in [6.45, 7) is 13.0. The Balaban J connectivity index is 1.25. The van der Waals surface area contributed by atoms with E-state index in [1.807, 2.05) is 32.0 Å². The maximum Gasteiger partial charge on any atom is 0.338 e. The van der Waals surface area contributed by atoms with Crippen LogP contribution in [0.15, 0.2) is 34.4 Å². The maximum atomic E-state index is 14.0. The van der Waals surface area contributed by atoms with E-state index in [1.54, 1.807) is 23.1 Å². The van der Waals surface area contributed by atoms with Crippen LogP contribution >= 0.6 is 22.9 Å². The number of pyridine rings is 1. The number of ether oxygens (including phenoxy) is 2. The summed E-state index contributed by atoms with van der Waals surface area (Å²) >= 11 is 7.77. The van der Waals surface area contributed by atoms with Crippen molar-refractivity contribution in [3.05, 3.63) is 73.4 Å². The van der Waals surface area contributed by atoms with Crippen LogP contribution in [0, 0.1) is 19.3 Å². The molecule has 2 atom stereocenters. The number of aromatic carboxylic acids is 1. The lowest BCUT2D eigenvalue weighted by Crippen LogP contribution is -2.59. The number of thiophene rings is 1. The van der Waals surface area contributed by atoms with Gasteiger partial charge < -0.3 is 14.6 Å². The number of aryl methyl sites for hydroxylation is 3. The molecule has 2 aliphatic rings. The summed E-state index contributed by atoms with van der Waals surface area (Å²) in [6, 6.07) is 7.31. The van der Waals surface area contributed by atoms with Crippen LogP contribution in [0.4, 0.5) is 0 Å². The molecular formula is C35H41ClN4O5S. The van der Waals surface area contributed by atoms with E-state index in [9.17, 15) is 14.7 Å². The second kappa shape index (κ2) is 12.4. The van der Waals surface area contributed by atoms with E-state index in [4.69, 9.17) is 26.1 Å². The fraction of sp³-hybridized carbons (Fsp3) is 0.486. The minimum absolute atomic E-state index is 0.00523. The molecule has 9 nitrogen and oxygen atoms in total. The van der Waals surface area contributed by atoms with Gasteiger partial charge in [-0.25, -0.2) is 9.78 Å². The Labute approximate surface area is 278 Å². The topological polar surface area (TPSA) is 107 Å². The first kappa shape index (κ1) is 32.6. The second-order valence-electron chi connectivity index (χ2n) is 13.6. The van der Waals surface area contributed by atoms with Gasteiger partial charge in [-0.2, -0.15) is 0 Å². The van der Waals surface area contributed by atoms with E-state index >= 15 is 0 Å². The smallest absolute Gasteiger partial charge is 0.338 e. The van der Waals surface area contributed by atoms with Crippen molar-refractivity contribution in [3.8, 4) is 16.9 Å². The van der Waals surface area contributed by atoms with Crippen molar-refractivity contribution < 1.29 is 19.4 Å². The number of likely N-dealkylation sites (tertiary alicyclic amines) is 1. The van der Waals surface area contributed by atoms with Gasteiger partial charge in [-0.05, 0) is 70.7 Å². The number of hydrogen-bond donors (Lipinski definition) is 1. The van der Waals surface area contributed by atoms with E-state index in [-0.39, 0.29) is 34.8 Å². The standard InChI is InChI=1S/C35H41ClN4O5S/c1-20-15-24(31-30(37-20)26(18-46-31)33(42)43)23-16-22(36)7-8-28(23)45-14-13-40-21(2)38-27-9-11-35(5,17-25(27)32(40)41)39-12-10-29(44-6)34(3,4)19-39/h7-8,15-16,18,29H,9-14,17,19H2,1-6H3,(H,42,43). The second-order valence-corrected chi connectivity index (χ2v) is 14.9. The molecular weight excluding hydrogens is 624 g/mol. The van der Waals surface area contributed by atoms with Gasteiger partial charge in [0.2, 0.25) is 0 Å². The molecule has 0 spiro atoms. The van der Waals surface area contributed by atoms with E-state index in [2.05, 4.69) is 30.7 Å². The number of carboxylic acids is 1. The van der Waals surface area contributed by atoms with E-state index < -0.39 is 5.97 Å². The van der Waals surface area contributed by atoms with Gasteiger partial charge in [0.15, 0.2) is 0 Å². The molecule has 3 aromatic heterocycles. The first-order valence-corrected chi connectivity index (χ1v) is 17.0. The molecule has 244 valence electrons. The van der Waals surface area contributed by atoms with Crippen molar-refractivity contribution in [2.45, 2.75) is 78.5 Å². The molecule has 4 heterocycles. The number of methoxy groups -OCH3 is 1. The lowest BCUT2D eigenvalue weighted by Gasteiger charge is -2.52. The number of fused-ring (bicyclic) bond motifs is 2. The molecule has 1 aliphatic carbocycles. The summed E-state index contributed by atoms with van der Waals surface area (Å²) in [5.74, 6) is 0.255. The summed E-state index contributed by atoms with van der Waals surface area (Å²) in [5, 5.41) is 11.8. The maximum absolute atomic E-state index is 14.0. The number of aromatic nitrogens is 3. The van der Waals surface area contributed by atoms with Gasteiger partial charge in [0.1, 0.15) is 18.2 Å². The van der Waals surface area contributed by atoms with Gasteiger partial charge in [0.05, 0.1) is 34.1 Å². The molecule has 0 bridgehead atoms. The molecule has 1 fully saturated rings. The molecule has 1 aromatic carbocycles. The van der Waals surface area contributed by atoms with Gasteiger partial charge >= 0.3 is 5.97 Å². The normalized spacial score (nSPS) is 21.3. The zero-order valence-electron chi connectivity index (χ0n) is 27.3. The van der Waals surface area contributed by atoms with Crippen LogP contribution in [-0.2, 0) is 24.1 Å². The highest BCUT2D eigenvalue weighted by molar-refractivity contribution is 7.18. The van der Waals surface area contributed by atoms with E-state index in [0.29, 0.717) is 40.8 Å². The number of rotatable bonds is 8. The van der Waals surface area contributed by atoms with Gasteiger partial charge in [0, 0.05) is 63.9 Å². The number of benzene rings is 1. The molecule has 0 amide bonds. The van der Waals surface area contributed by atoms with E-state index in [0.717, 1.165) is 59.4 Å². The molecule has 1 N–H and O–H groups in total. The number of carbonyl (C=O) groups is 1.